The van der Waals surface area contributed by atoms with Gasteiger partial charge in [-0.3, -0.25) is 0 Å². The Balaban J connectivity index is 1.70. The average molecular weight is 262 g/mol. The Labute approximate surface area is 116 Å². The quantitative estimate of drug-likeness (QED) is 0.821. The molecule has 1 aromatic carbocycles. The molecule has 0 bridgehead atoms. The van der Waals surface area contributed by atoms with Gasteiger partial charge in [0.15, 0.2) is 0 Å². The molecule has 1 saturated heterocycles. The van der Waals surface area contributed by atoms with Crippen LogP contribution in [-0.2, 0) is 6.54 Å². The third-order valence-electron chi connectivity index (χ3n) is 3.86. The van der Waals surface area contributed by atoms with Gasteiger partial charge in [-0.05, 0) is 50.9 Å². The Morgan fingerprint density at radius 2 is 2.00 bits per heavy atom. The molecule has 0 radical (unpaired) electrons. The van der Waals surface area contributed by atoms with Crippen LogP contribution < -0.4 is 5.32 Å². The number of hydrogen-bond donors (Lipinski definition) is 2. The van der Waals surface area contributed by atoms with Crippen LogP contribution in [0.3, 0.4) is 0 Å². The van der Waals surface area contributed by atoms with Crippen LogP contribution in [0.4, 0.5) is 0 Å². The standard InChI is InChI=1S/C16H26N2O/c1-13-5-6-15(14(2)9-13)10-17-11-16(19)12-18-7-3-4-8-18/h5-6,9,16-17,19H,3-4,7-8,10-12H2,1-2H3. The van der Waals surface area contributed by atoms with Gasteiger partial charge in [0, 0.05) is 19.6 Å². The first-order valence-electron chi connectivity index (χ1n) is 7.32. The van der Waals surface area contributed by atoms with Crippen LogP contribution in [0, 0.1) is 13.8 Å². The molecule has 106 valence electrons. The van der Waals surface area contributed by atoms with Crippen molar-refractivity contribution < 1.29 is 5.11 Å². The van der Waals surface area contributed by atoms with Gasteiger partial charge in [-0.25, -0.2) is 0 Å². The number of aliphatic hydroxyl groups is 1. The van der Waals surface area contributed by atoms with Gasteiger partial charge in [-0.15, -0.1) is 0 Å². The summed E-state index contributed by atoms with van der Waals surface area (Å²) < 4.78 is 0. The molecule has 0 aliphatic carbocycles. The lowest BCUT2D eigenvalue weighted by Crippen LogP contribution is -2.36. The number of aliphatic hydroxyl groups excluding tert-OH is 1. The second-order valence-electron chi connectivity index (χ2n) is 5.72. The first kappa shape index (κ1) is 14.5. The molecular weight excluding hydrogens is 236 g/mol. The number of β-amino-alcohol motifs (C(OH)–C–C–N with tert-alkyl or cyclic N) is 1. The maximum absolute atomic E-state index is 10.00. The second-order valence-corrected chi connectivity index (χ2v) is 5.72. The number of aryl methyl sites for hydroxylation is 2. The highest BCUT2D eigenvalue weighted by atomic mass is 16.3. The molecule has 1 atom stereocenters. The summed E-state index contributed by atoms with van der Waals surface area (Å²) in [6.07, 6.45) is 2.30. The molecule has 1 aromatic rings. The monoisotopic (exact) mass is 262 g/mol. The predicted molar refractivity (Wildman–Crippen MR) is 79.3 cm³/mol. The van der Waals surface area contributed by atoms with Gasteiger partial charge < -0.3 is 15.3 Å². The molecule has 2 rings (SSSR count). The van der Waals surface area contributed by atoms with E-state index in [0.717, 1.165) is 26.2 Å². The molecule has 0 saturated carbocycles. The molecular formula is C16H26N2O. The molecule has 3 heteroatoms. The van der Waals surface area contributed by atoms with Crippen molar-refractivity contribution >= 4 is 0 Å². The van der Waals surface area contributed by atoms with E-state index < -0.39 is 0 Å². The van der Waals surface area contributed by atoms with Crippen molar-refractivity contribution in [1.29, 1.82) is 0 Å². The molecule has 0 amide bonds. The van der Waals surface area contributed by atoms with Crippen molar-refractivity contribution in [3.8, 4) is 0 Å². The van der Waals surface area contributed by atoms with Crippen LogP contribution in [0.25, 0.3) is 0 Å². The van der Waals surface area contributed by atoms with Gasteiger partial charge in [0.25, 0.3) is 0 Å². The van der Waals surface area contributed by atoms with Crippen molar-refractivity contribution in [3.63, 3.8) is 0 Å². The lowest BCUT2D eigenvalue weighted by atomic mass is 10.1. The summed E-state index contributed by atoms with van der Waals surface area (Å²) in [7, 11) is 0. The summed E-state index contributed by atoms with van der Waals surface area (Å²) in [5, 5.41) is 13.4. The zero-order chi connectivity index (χ0) is 13.7. The fourth-order valence-corrected chi connectivity index (χ4v) is 2.75. The zero-order valence-corrected chi connectivity index (χ0v) is 12.2. The van der Waals surface area contributed by atoms with Gasteiger partial charge in [-0.2, -0.15) is 0 Å². The number of hydrogen-bond acceptors (Lipinski definition) is 3. The normalized spacial score (nSPS) is 17.8. The van der Waals surface area contributed by atoms with E-state index in [1.807, 2.05) is 0 Å². The molecule has 1 aliphatic rings. The van der Waals surface area contributed by atoms with E-state index in [0.29, 0.717) is 6.54 Å². The Hall–Kier alpha value is -0.900. The maximum Gasteiger partial charge on any atom is 0.0791 e. The third kappa shape index (κ3) is 4.60. The van der Waals surface area contributed by atoms with Crippen LogP contribution in [0.15, 0.2) is 18.2 Å². The molecule has 2 N–H and O–H groups in total. The van der Waals surface area contributed by atoms with E-state index in [-0.39, 0.29) is 6.10 Å². The minimum absolute atomic E-state index is 0.260. The van der Waals surface area contributed by atoms with E-state index in [1.165, 1.54) is 29.5 Å². The SMILES string of the molecule is Cc1ccc(CNCC(O)CN2CCCC2)c(C)c1. The van der Waals surface area contributed by atoms with Gasteiger partial charge >= 0.3 is 0 Å². The Morgan fingerprint density at radius 1 is 1.26 bits per heavy atom. The van der Waals surface area contributed by atoms with Crippen LogP contribution >= 0.6 is 0 Å². The van der Waals surface area contributed by atoms with Crippen molar-refractivity contribution in [2.45, 2.75) is 39.3 Å². The highest BCUT2D eigenvalue weighted by molar-refractivity contribution is 5.30. The Kier molecular flexibility index (Phi) is 5.37. The summed E-state index contributed by atoms with van der Waals surface area (Å²) in [6, 6.07) is 6.52. The first-order valence-corrected chi connectivity index (χ1v) is 7.32. The number of rotatable bonds is 6. The molecule has 1 aliphatic heterocycles. The number of benzene rings is 1. The van der Waals surface area contributed by atoms with E-state index in [9.17, 15) is 5.11 Å². The number of likely N-dealkylation sites (tertiary alicyclic amines) is 1. The van der Waals surface area contributed by atoms with Gasteiger partial charge in [0.2, 0.25) is 0 Å². The largest absolute Gasteiger partial charge is 0.390 e. The lowest BCUT2D eigenvalue weighted by Gasteiger charge is -2.19. The summed E-state index contributed by atoms with van der Waals surface area (Å²) in [5.74, 6) is 0. The van der Waals surface area contributed by atoms with Crippen molar-refractivity contribution in [1.82, 2.24) is 10.2 Å². The first-order chi connectivity index (χ1) is 9.15. The minimum Gasteiger partial charge on any atom is -0.390 e. The summed E-state index contributed by atoms with van der Waals surface area (Å²) >= 11 is 0. The van der Waals surface area contributed by atoms with Gasteiger partial charge in [-0.1, -0.05) is 23.8 Å². The van der Waals surface area contributed by atoms with E-state index in [2.05, 4.69) is 42.3 Å². The lowest BCUT2D eigenvalue weighted by molar-refractivity contribution is 0.123. The topological polar surface area (TPSA) is 35.5 Å². The van der Waals surface area contributed by atoms with Gasteiger partial charge in [0.05, 0.1) is 6.10 Å². The van der Waals surface area contributed by atoms with E-state index in [4.69, 9.17) is 0 Å². The predicted octanol–water partition coefficient (Wildman–Crippen LogP) is 1.85. The van der Waals surface area contributed by atoms with Crippen LogP contribution in [0.1, 0.15) is 29.5 Å². The van der Waals surface area contributed by atoms with Gasteiger partial charge in [0.1, 0.15) is 0 Å². The summed E-state index contributed by atoms with van der Waals surface area (Å²) in [5.41, 5.74) is 3.94. The van der Waals surface area contributed by atoms with E-state index in [1.54, 1.807) is 0 Å². The van der Waals surface area contributed by atoms with Crippen LogP contribution in [-0.4, -0.2) is 42.3 Å². The number of nitrogens with one attached hydrogen (secondary N) is 1. The fraction of sp³-hybridized carbons (Fsp3) is 0.625. The van der Waals surface area contributed by atoms with Crippen molar-refractivity contribution in [2.24, 2.45) is 0 Å². The van der Waals surface area contributed by atoms with E-state index >= 15 is 0 Å². The maximum atomic E-state index is 10.00. The highest BCUT2D eigenvalue weighted by Crippen LogP contribution is 2.10. The molecule has 1 fully saturated rings. The zero-order valence-electron chi connectivity index (χ0n) is 12.2. The molecule has 1 heterocycles. The van der Waals surface area contributed by atoms with Crippen LogP contribution in [0.5, 0.6) is 0 Å². The third-order valence-corrected chi connectivity index (χ3v) is 3.86. The molecule has 19 heavy (non-hydrogen) atoms. The Morgan fingerprint density at radius 3 is 2.68 bits per heavy atom. The smallest absolute Gasteiger partial charge is 0.0791 e. The van der Waals surface area contributed by atoms with Crippen molar-refractivity contribution in [3.05, 3.63) is 34.9 Å². The average Bonchev–Trinajstić information content (AvgIpc) is 2.84. The summed E-state index contributed by atoms with van der Waals surface area (Å²) in [6.45, 7) is 8.86. The van der Waals surface area contributed by atoms with Crippen molar-refractivity contribution in [2.75, 3.05) is 26.2 Å². The van der Waals surface area contributed by atoms with Crippen LogP contribution in [0.2, 0.25) is 0 Å². The molecule has 3 nitrogen and oxygen atoms in total. The Bertz CT molecular complexity index is 400. The molecule has 0 spiro atoms. The minimum atomic E-state index is -0.260. The fourth-order valence-electron chi connectivity index (χ4n) is 2.75. The summed E-state index contributed by atoms with van der Waals surface area (Å²) in [4.78, 5) is 2.35. The second kappa shape index (κ2) is 7.04. The highest BCUT2D eigenvalue weighted by Gasteiger charge is 2.15. The number of nitrogens with zero attached hydrogens (tertiary/aromatic N) is 1. The molecule has 1 unspecified atom stereocenters. The molecule has 0 aromatic heterocycles.